The molecule has 0 aliphatic carbocycles. The van der Waals surface area contributed by atoms with Gasteiger partial charge in [-0.25, -0.2) is 0 Å². The van der Waals surface area contributed by atoms with Gasteiger partial charge in [0.25, 0.3) is 0 Å². The van der Waals surface area contributed by atoms with E-state index >= 15 is 0 Å². The maximum absolute atomic E-state index is 8.87. The first-order chi connectivity index (χ1) is 6.01. The standard InChI is InChI=1S/C10H16N2O/c1-10(2,11)6-8-3-4-12-9(5-8)7-13/h3-5,13H,6-7,11H2,1-2H3. The van der Waals surface area contributed by atoms with Crippen molar-refractivity contribution in [1.29, 1.82) is 0 Å². The van der Waals surface area contributed by atoms with Gasteiger partial charge in [0, 0.05) is 11.7 Å². The molecule has 0 amide bonds. The maximum Gasteiger partial charge on any atom is 0.0853 e. The molecule has 13 heavy (non-hydrogen) atoms. The van der Waals surface area contributed by atoms with Gasteiger partial charge in [-0.1, -0.05) is 0 Å². The molecule has 0 saturated carbocycles. The molecule has 1 heterocycles. The molecule has 0 radical (unpaired) electrons. The Kier molecular flexibility index (Phi) is 3.01. The second-order valence-corrected chi connectivity index (χ2v) is 3.98. The number of rotatable bonds is 3. The summed E-state index contributed by atoms with van der Waals surface area (Å²) >= 11 is 0. The van der Waals surface area contributed by atoms with Gasteiger partial charge < -0.3 is 10.8 Å². The molecule has 1 aromatic heterocycles. The van der Waals surface area contributed by atoms with Crippen molar-refractivity contribution in [2.45, 2.75) is 32.4 Å². The highest BCUT2D eigenvalue weighted by Gasteiger charge is 2.11. The molecule has 3 N–H and O–H groups in total. The van der Waals surface area contributed by atoms with Crippen LogP contribution in [0.15, 0.2) is 18.3 Å². The van der Waals surface area contributed by atoms with Crippen LogP contribution >= 0.6 is 0 Å². The van der Waals surface area contributed by atoms with E-state index in [4.69, 9.17) is 10.8 Å². The van der Waals surface area contributed by atoms with Crippen LogP contribution in [-0.2, 0) is 13.0 Å². The normalized spacial score (nSPS) is 11.7. The van der Waals surface area contributed by atoms with Crippen molar-refractivity contribution in [3.05, 3.63) is 29.6 Å². The van der Waals surface area contributed by atoms with Gasteiger partial charge in [-0.2, -0.15) is 0 Å². The van der Waals surface area contributed by atoms with Gasteiger partial charge in [-0.15, -0.1) is 0 Å². The fourth-order valence-corrected chi connectivity index (χ4v) is 1.25. The molecule has 0 fully saturated rings. The zero-order valence-electron chi connectivity index (χ0n) is 8.12. The Morgan fingerprint density at radius 1 is 1.54 bits per heavy atom. The Morgan fingerprint density at radius 3 is 2.77 bits per heavy atom. The molecular weight excluding hydrogens is 164 g/mol. The van der Waals surface area contributed by atoms with Crippen LogP contribution in [-0.4, -0.2) is 15.6 Å². The first-order valence-corrected chi connectivity index (χ1v) is 4.35. The minimum Gasteiger partial charge on any atom is -0.390 e. The van der Waals surface area contributed by atoms with Crippen molar-refractivity contribution in [2.24, 2.45) is 5.73 Å². The molecule has 0 atom stereocenters. The Bertz CT molecular complexity index is 278. The molecule has 0 saturated heterocycles. The third kappa shape index (κ3) is 3.53. The second-order valence-electron chi connectivity index (χ2n) is 3.98. The summed E-state index contributed by atoms with van der Waals surface area (Å²) in [5, 5.41) is 8.87. The third-order valence-corrected chi connectivity index (χ3v) is 1.70. The van der Waals surface area contributed by atoms with Crippen molar-refractivity contribution >= 4 is 0 Å². The minimum absolute atomic E-state index is 0.0150. The van der Waals surface area contributed by atoms with Crippen LogP contribution in [0.5, 0.6) is 0 Å². The predicted molar refractivity (Wildman–Crippen MR) is 52.1 cm³/mol. The van der Waals surface area contributed by atoms with Crippen LogP contribution in [0.3, 0.4) is 0 Å². The zero-order valence-corrected chi connectivity index (χ0v) is 8.12. The molecule has 0 unspecified atom stereocenters. The summed E-state index contributed by atoms with van der Waals surface area (Å²) in [5.41, 5.74) is 7.48. The van der Waals surface area contributed by atoms with Gasteiger partial charge in [0.2, 0.25) is 0 Å². The van der Waals surface area contributed by atoms with E-state index in [1.807, 2.05) is 26.0 Å². The summed E-state index contributed by atoms with van der Waals surface area (Å²) in [6.07, 6.45) is 2.50. The number of nitrogens with zero attached hydrogens (tertiary/aromatic N) is 1. The first-order valence-electron chi connectivity index (χ1n) is 4.35. The monoisotopic (exact) mass is 180 g/mol. The minimum atomic E-state index is -0.214. The lowest BCUT2D eigenvalue weighted by atomic mass is 9.96. The Hall–Kier alpha value is -0.930. The van der Waals surface area contributed by atoms with Crippen LogP contribution in [0.25, 0.3) is 0 Å². The molecule has 0 aliphatic heterocycles. The number of aromatic nitrogens is 1. The summed E-state index contributed by atoms with van der Waals surface area (Å²) in [4.78, 5) is 4.00. The molecule has 0 aromatic carbocycles. The summed E-state index contributed by atoms with van der Waals surface area (Å²) in [5.74, 6) is 0. The van der Waals surface area contributed by atoms with E-state index in [9.17, 15) is 0 Å². The van der Waals surface area contributed by atoms with Gasteiger partial charge in [0.05, 0.1) is 12.3 Å². The van der Waals surface area contributed by atoms with E-state index in [2.05, 4.69) is 4.98 Å². The van der Waals surface area contributed by atoms with E-state index in [-0.39, 0.29) is 12.1 Å². The topological polar surface area (TPSA) is 59.1 Å². The van der Waals surface area contributed by atoms with Crippen LogP contribution < -0.4 is 5.73 Å². The zero-order chi connectivity index (χ0) is 9.90. The van der Waals surface area contributed by atoms with Crippen molar-refractivity contribution in [1.82, 2.24) is 4.98 Å². The lowest BCUT2D eigenvalue weighted by Gasteiger charge is -2.18. The summed E-state index contributed by atoms with van der Waals surface area (Å²) in [7, 11) is 0. The third-order valence-electron chi connectivity index (χ3n) is 1.70. The lowest BCUT2D eigenvalue weighted by molar-refractivity contribution is 0.276. The molecule has 3 heteroatoms. The predicted octanol–water partition coefficient (Wildman–Crippen LogP) is 0.854. The molecule has 0 aliphatic rings. The summed E-state index contributed by atoms with van der Waals surface area (Å²) in [6, 6.07) is 3.81. The summed E-state index contributed by atoms with van der Waals surface area (Å²) < 4.78 is 0. The van der Waals surface area contributed by atoms with Gasteiger partial charge >= 0.3 is 0 Å². The Balaban J connectivity index is 2.78. The van der Waals surface area contributed by atoms with Crippen LogP contribution in [0.4, 0.5) is 0 Å². The second kappa shape index (κ2) is 3.85. The van der Waals surface area contributed by atoms with Crippen LogP contribution in [0.2, 0.25) is 0 Å². The molecule has 3 nitrogen and oxygen atoms in total. The number of hydrogen-bond acceptors (Lipinski definition) is 3. The highest BCUT2D eigenvalue weighted by atomic mass is 16.3. The lowest BCUT2D eigenvalue weighted by Crippen LogP contribution is -2.34. The van der Waals surface area contributed by atoms with E-state index in [0.29, 0.717) is 5.69 Å². The van der Waals surface area contributed by atoms with Gasteiger partial charge in [0.1, 0.15) is 0 Å². The van der Waals surface area contributed by atoms with Gasteiger partial charge in [-0.3, -0.25) is 4.98 Å². The van der Waals surface area contributed by atoms with E-state index in [1.165, 1.54) is 0 Å². The fourth-order valence-electron chi connectivity index (χ4n) is 1.25. The van der Waals surface area contributed by atoms with Crippen LogP contribution in [0.1, 0.15) is 25.1 Å². The van der Waals surface area contributed by atoms with Crippen molar-refractivity contribution in [3.8, 4) is 0 Å². The number of aliphatic hydroxyl groups is 1. The molecule has 1 rings (SSSR count). The molecule has 0 spiro atoms. The smallest absolute Gasteiger partial charge is 0.0853 e. The number of pyridine rings is 1. The van der Waals surface area contributed by atoms with Crippen molar-refractivity contribution in [3.63, 3.8) is 0 Å². The van der Waals surface area contributed by atoms with Gasteiger partial charge in [-0.05, 0) is 38.0 Å². The highest BCUT2D eigenvalue weighted by molar-refractivity contribution is 5.18. The van der Waals surface area contributed by atoms with Crippen molar-refractivity contribution in [2.75, 3.05) is 0 Å². The number of nitrogens with two attached hydrogens (primary N) is 1. The maximum atomic E-state index is 8.87. The first kappa shape index (κ1) is 10.2. The molecule has 0 bridgehead atoms. The van der Waals surface area contributed by atoms with Crippen molar-refractivity contribution < 1.29 is 5.11 Å². The molecule has 72 valence electrons. The Morgan fingerprint density at radius 2 is 2.23 bits per heavy atom. The van der Waals surface area contributed by atoms with E-state index < -0.39 is 0 Å². The van der Waals surface area contributed by atoms with Gasteiger partial charge in [0.15, 0.2) is 0 Å². The van der Waals surface area contributed by atoms with E-state index in [0.717, 1.165) is 12.0 Å². The SMILES string of the molecule is CC(C)(N)Cc1ccnc(CO)c1. The van der Waals surface area contributed by atoms with E-state index in [1.54, 1.807) is 6.20 Å². The largest absolute Gasteiger partial charge is 0.390 e. The average Bonchev–Trinajstić information content (AvgIpc) is 2.01. The van der Waals surface area contributed by atoms with Crippen LogP contribution in [0, 0.1) is 0 Å². The molecular formula is C10H16N2O. The average molecular weight is 180 g/mol. The fraction of sp³-hybridized carbons (Fsp3) is 0.500. The molecule has 1 aromatic rings. The highest BCUT2D eigenvalue weighted by Crippen LogP contribution is 2.10. The quantitative estimate of drug-likeness (QED) is 0.725. The number of hydrogen-bond donors (Lipinski definition) is 2. The number of aliphatic hydroxyl groups excluding tert-OH is 1. The summed E-state index contributed by atoms with van der Waals surface area (Å²) in [6.45, 7) is 3.94. The Labute approximate surface area is 78.6 Å².